The summed E-state index contributed by atoms with van der Waals surface area (Å²) >= 11 is 1.79. The summed E-state index contributed by atoms with van der Waals surface area (Å²) in [5.74, 6) is -1.59. The number of thiophene rings is 1. The van der Waals surface area contributed by atoms with E-state index in [1.807, 2.05) is 7.05 Å². The molecule has 1 N–H and O–H groups in total. The molecule has 0 bridgehead atoms. The van der Waals surface area contributed by atoms with Crippen molar-refractivity contribution in [2.75, 3.05) is 7.05 Å². The zero-order valence-corrected chi connectivity index (χ0v) is 12.2. The van der Waals surface area contributed by atoms with Gasteiger partial charge in [0.1, 0.15) is 0 Å². The molecule has 20 heavy (non-hydrogen) atoms. The summed E-state index contributed by atoms with van der Waals surface area (Å²) < 4.78 is 26.5. The summed E-state index contributed by atoms with van der Waals surface area (Å²) in [5, 5.41) is 3.21. The molecule has 1 aromatic carbocycles. The molecule has 0 saturated carbocycles. The fourth-order valence-corrected chi connectivity index (χ4v) is 4.22. The molecule has 1 heterocycles. The lowest BCUT2D eigenvalue weighted by atomic mass is 9.98. The summed E-state index contributed by atoms with van der Waals surface area (Å²) in [7, 11) is 1.85. The van der Waals surface area contributed by atoms with E-state index in [0.29, 0.717) is 0 Å². The number of nitrogens with one attached hydrogen (secondary N) is 1. The highest BCUT2D eigenvalue weighted by molar-refractivity contribution is 7.12. The SMILES string of the molecule is CNC(c1ccc(F)c(F)c1)c1cc2c(s1)CCCC2. The molecule has 106 valence electrons. The fourth-order valence-electron chi connectivity index (χ4n) is 2.82. The van der Waals surface area contributed by atoms with Crippen LogP contribution in [0.1, 0.15) is 39.8 Å². The van der Waals surface area contributed by atoms with Gasteiger partial charge in [0.15, 0.2) is 11.6 Å². The third kappa shape index (κ3) is 2.50. The molecule has 0 saturated heterocycles. The maximum absolute atomic E-state index is 13.4. The van der Waals surface area contributed by atoms with E-state index >= 15 is 0 Å². The van der Waals surface area contributed by atoms with Crippen LogP contribution in [-0.4, -0.2) is 7.05 Å². The Morgan fingerprint density at radius 3 is 2.60 bits per heavy atom. The second-order valence-electron chi connectivity index (χ2n) is 5.20. The van der Waals surface area contributed by atoms with Crippen LogP contribution in [0, 0.1) is 11.6 Å². The normalized spacial score (nSPS) is 15.9. The monoisotopic (exact) mass is 293 g/mol. The standard InChI is InChI=1S/C16H17F2NS/c1-19-16(11-6-7-12(17)13(18)8-11)15-9-10-4-2-3-5-14(10)20-15/h6-9,16,19H,2-5H2,1H3. The number of halogens is 2. The number of hydrogen-bond acceptors (Lipinski definition) is 2. The first-order valence-electron chi connectivity index (χ1n) is 6.92. The Hall–Kier alpha value is -1.26. The Morgan fingerprint density at radius 1 is 1.10 bits per heavy atom. The molecule has 1 aromatic heterocycles. The van der Waals surface area contributed by atoms with Crippen LogP contribution in [0.25, 0.3) is 0 Å². The minimum Gasteiger partial charge on any atom is -0.309 e. The largest absolute Gasteiger partial charge is 0.309 e. The molecule has 1 aliphatic rings. The van der Waals surface area contributed by atoms with Gasteiger partial charge in [-0.1, -0.05) is 6.07 Å². The minimum absolute atomic E-state index is 0.0688. The van der Waals surface area contributed by atoms with E-state index in [1.54, 1.807) is 17.4 Å². The molecule has 3 rings (SSSR count). The van der Waals surface area contributed by atoms with Gasteiger partial charge >= 0.3 is 0 Å². The maximum atomic E-state index is 13.4. The third-order valence-corrected chi connectivity index (χ3v) is 5.17. The smallest absolute Gasteiger partial charge is 0.159 e. The molecular formula is C16H17F2NS. The quantitative estimate of drug-likeness (QED) is 0.893. The first-order valence-corrected chi connectivity index (χ1v) is 7.74. The lowest BCUT2D eigenvalue weighted by Crippen LogP contribution is -2.16. The van der Waals surface area contributed by atoms with E-state index in [-0.39, 0.29) is 6.04 Å². The van der Waals surface area contributed by atoms with Crippen molar-refractivity contribution < 1.29 is 8.78 Å². The number of aryl methyl sites for hydroxylation is 2. The number of fused-ring (bicyclic) bond motifs is 1. The van der Waals surface area contributed by atoms with Gasteiger partial charge in [-0.05, 0) is 62.1 Å². The van der Waals surface area contributed by atoms with Crippen molar-refractivity contribution >= 4 is 11.3 Å². The Kier molecular flexibility index (Phi) is 3.85. The molecular weight excluding hydrogens is 276 g/mol. The van der Waals surface area contributed by atoms with E-state index in [9.17, 15) is 8.78 Å². The predicted molar refractivity (Wildman–Crippen MR) is 78.2 cm³/mol. The van der Waals surface area contributed by atoms with E-state index < -0.39 is 11.6 Å². The third-order valence-electron chi connectivity index (χ3n) is 3.87. The van der Waals surface area contributed by atoms with Gasteiger partial charge in [-0.15, -0.1) is 11.3 Å². The van der Waals surface area contributed by atoms with Gasteiger partial charge in [-0.3, -0.25) is 0 Å². The van der Waals surface area contributed by atoms with Crippen molar-refractivity contribution in [1.82, 2.24) is 5.32 Å². The molecule has 1 unspecified atom stereocenters. The molecule has 1 nitrogen and oxygen atoms in total. The summed E-state index contributed by atoms with van der Waals surface area (Å²) in [6.07, 6.45) is 4.79. The summed E-state index contributed by atoms with van der Waals surface area (Å²) in [6, 6.07) is 6.29. The number of benzene rings is 1. The van der Waals surface area contributed by atoms with Gasteiger partial charge in [0.25, 0.3) is 0 Å². The van der Waals surface area contributed by atoms with Crippen molar-refractivity contribution in [3.8, 4) is 0 Å². The van der Waals surface area contributed by atoms with Crippen molar-refractivity contribution in [3.63, 3.8) is 0 Å². The van der Waals surface area contributed by atoms with Gasteiger partial charge in [0.05, 0.1) is 6.04 Å². The molecule has 0 fully saturated rings. The Bertz CT molecular complexity index is 597. The topological polar surface area (TPSA) is 12.0 Å². The summed E-state index contributed by atoms with van der Waals surface area (Å²) in [5.41, 5.74) is 2.20. The number of rotatable bonds is 3. The Morgan fingerprint density at radius 2 is 1.90 bits per heavy atom. The summed E-state index contributed by atoms with van der Waals surface area (Å²) in [4.78, 5) is 2.64. The maximum Gasteiger partial charge on any atom is 0.159 e. The predicted octanol–water partition coefficient (Wildman–Crippen LogP) is 4.21. The summed E-state index contributed by atoms with van der Waals surface area (Å²) in [6.45, 7) is 0. The Labute approximate surface area is 121 Å². The Balaban J connectivity index is 1.96. The molecule has 1 aliphatic carbocycles. The second kappa shape index (κ2) is 5.62. The van der Waals surface area contributed by atoms with Crippen LogP contribution in [0.2, 0.25) is 0 Å². The van der Waals surface area contributed by atoms with E-state index in [2.05, 4.69) is 11.4 Å². The molecule has 0 spiro atoms. The van der Waals surface area contributed by atoms with Crippen LogP contribution in [0.3, 0.4) is 0 Å². The van der Waals surface area contributed by atoms with Gasteiger partial charge < -0.3 is 5.32 Å². The average Bonchev–Trinajstić information content (AvgIpc) is 2.87. The van der Waals surface area contributed by atoms with Crippen LogP contribution in [0.15, 0.2) is 24.3 Å². The minimum atomic E-state index is -0.797. The van der Waals surface area contributed by atoms with Crippen LogP contribution < -0.4 is 5.32 Å². The van der Waals surface area contributed by atoms with Crippen LogP contribution >= 0.6 is 11.3 Å². The highest BCUT2D eigenvalue weighted by atomic mass is 32.1. The van der Waals surface area contributed by atoms with Gasteiger partial charge in [-0.25, -0.2) is 8.78 Å². The van der Waals surface area contributed by atoms with Crippen molar-refractivity contribution in [1.29, 1.82) is 0 Å². The van der Waals surface area contributed by atoms with Crippen LogP contribution in [0.4, 0.5) is 8.78 Å². The van der Waals surface area contributed by atoms with Gasteiger partial charge in [0, 0.05) is 9.75 Å². The van der Waals surface area contributed by atoms with Crippen LogP contribution in [0.5, 0.6) is 0 Å². The van der Waals surface area contributed by atoms with Crippen LogP contribution in [-0.2, 0) is 12.8 Å². The zero-order chi connectivity index (χ0) is 14.1. The lowest BCUT2D eigenvalue weighted by molar-refractivity contribution is 0.505. The molecule has 1 atom stereocenters. The highest BCUT2D eigenvalue weighted by Gasteiger charge is 2.20. The van der Waals surface area contributed by atoms with Gasteiger partial charge in [-0.2, -0.15) is 0 Å². The first kappa shape index (κ1) is 13.7. The van der Waals surface area contributed by atoms with Crippen molar-refractivity contribution in [2.24, 2.45) is 0 Å². The molecule has 4 heteroatoms. The highest BCUT2D eigenvalue weighted by Crippen LogP contribution is 2.35. The zero-order valence-electron chi connectivity index (χ0n) is 11.4. The van der Waals surface area contributed by atoms with Gasteiger partial charge in [0.2, 0.25) is 0 Å². The molecule has 0 amide bonds. The fraction of sp³-hybridized carbons (Fsp3) is 0.375. The second-order valence-corrected chi connectivity index (χ2v) is 6.37. The van der Waals surface area contributed by atoms with Crippen molar-refractivity contribution in [2.45, 2.75) is 31.7 Å². The number of hydrogen-bond donors (Lipinski definition) is 1. The molecule has 2 aromatic rings. The first-order chi connectivity index (χ1) is 9.69. The van der Waals surface area contributed by atoms with E-state index in [4.69, 9.17) is 0 Å². The molecule has 0 aliphatic heterocycles. The van der Waals surface area contributed by atoms with E-state index in [0.717, 1.165) is 18.4 Å². The molecule has 0 radical (unpaired) electrons. The van der Waals surface area contributed by atoms with Crippen molar-refractivity contribution in [3.05, 3.63) is 56.8 Å². The van der Waals surface area contributed by atoms with E-state index in [1.165, 1.54) is 40.3 Å². The lowest BCUT2D eigenvalue weighted by Gasteiger charge is -2.15. The average molecular weight is 293 g/mol.